The molecule has 0 bridgehead atoms. The number of nitrogens with one attached hydrogen (secondary N) is 1. The van der Waals surface area contributed by atoms with Gasteiger partial charge < -0.3 is 14.1 Å². The summed E-state index contributed by atoms with van der Waals surface area (Å²) in [4.78, 5) is 7.08. The van der Waals surface area contributed by atoms with Crippen LogP contribution >= 0.6 is 12.2 Å². The van der Waals surface area contributed by atoms with E-state index in [1.54, 1.807) is 6.07 Å². The number of rotatable bonds is 3. The lowest BCUT2D eigenvalue weighted by Crippen LogP contribution is -2.02. The van der Waals surface area contributed by atoms with Crippen molar-refractivity contribution in [2.75, 3.05) is 0 Å². The maximum absolute atomic E-state index is 8.95. The molecule has 19 heavy (non-hydrogen) atoms. The predicted molar refractivity (Wildman–Crippen MR) is 69.8 cm³/mol. The lowest BCUT2D eigenvalue weighted by Gasteiger charge is -2.02. The average Bonchev–Trinajstić information content (AvgIpc) is 3.03. The number of hydrogen-bond donors (Lipinski definition) is 1. The maximum Gasteiger partial charge on any atom is 0.213 e. The Bertz CT molecular complexity index is 809. The Morgan fingerprint density at radius 1 is 1.47 bits per heavy atom. The van der Waals surface area contributed by atoms with Gasteiger partial charge in [0.05, 0.1) is 22.7 Å². The molecule has 0 saturated carbocycles. The molecule has 0 aliphatic carbocycles. The highest BCUT2D eigenvalue weighted by Gasteiger charge is 2.07. The Balaban J connectivity index is 2.00. The maximum atomic E-state index is 8.95. The molecule has 0 aliphatic rings. The number of nitriles is 1. The average molecular weight is 271 g/mol. The zero-order valence-corrected chi connectivity index (χ0v) is 10.6. The Morgan fingerprint density at radius 2 is 2.37 bits per heavy atom. The first-order valence-corrected chi connectivity index (χ1v) is 6.06. The van der Waals surface area contributed by atoms with Crippen molar-refractivity contribution in [3.05, 3.63) is 40.8 Å². The topological polar surface area (TPSA) is 83.4 Å². The summed E-state index contributed by atoms with van der Waals surface area (Å²) in [5.41, 5.74) is 2.43. The van der Waals surface area contributed by atoms with Gasteiger partial charge in [-0.15, -0.1) is 0 Å². The minimum Gasteiger partial charge on any atom is -0.343 e. The van der Waals surface area contributed by atoms with Crippen LogP contribution in [0.1, 0.15) is 11.4 Å². The lowest BCUT2D eigenvalue weighted by molar-refractivity contribution is 0.408. The summed E-state index contributed by atoms with van der Waals surface area (Å²) in [7, 11) is 0. The van der Waals surface area contributed by atoms with E-state index in [4.69, 9.17) is 22.0 Å². The first-order chi connectivity index (χ1) is 9.28. The molecule has 3 aromatic rings. The Labute approximate surface area is 113 Å². The van der Waals surface area contributed by atoms with Gasteiger partial charge in [0, 0.05) is 13.0 Å². The van der Waals surface area contributed by atoms with E-state index >= 15 is 0 Å². The minimum absolute atomic E-state index is 0.606. The largest absolute Gasteiger partial charge is 0.343 e. The molecule has 0 atom stereocenters. The molecule has 3 rings (SSSR count). The van der Waals surface area contributed by atoms with Gasteiger partial charge in [-0.05, 0) is 30.4 Å². The summed E-state index contributed by atoms with van der Waals surface area (Å²) in [5.74, 6) is 0.632. The normalized spacial score (nSPS) is 10.7. The van der Waals surface area contributed by atoms with E-state index in [1.807, 2.05) is 16.7 Å². The van der Waals surface area contributed by atoms with Crippen molar-refractivity contribution in [1.29, 1.82) is 5.26 Å². The monoisotopic (exact) mass is 271 g/mol. The van der Waals surface area contributed by atoms with Crippen LogP contribution in [0.25, 0.3) is 11.0 Å². The van der Waals surface area contributed by atoms with Crippen molar-refractivity contribution in [3.63, 3.8) is 0 Å². The number of nitrogens with zero attached hydrogens (tertiary/aromatic N) is 4. The number of aromatic nitrogens is 4. The van der Waals surface area contributed by atoms with Crippen LogP contribution in [0.3, 0.4) is 0 Å². The molecule has 0 unspecified atom stereocenters. The highest BCUT2D eigenvalue weighted by Crippen LogP contribution is 2.16. The molecule has 6 nitrogen and oxygen atoms in total. The standard InChI is InChI=1S/C12H9N5OS/c13-6-8-1-2-9-10(5-8)17(12(19)15-9)4-3-11-14-7-18-16-11/h1-2,5,7H,3-4H2,(H,15,19). The molecule has 2 aromatic heterocycles. The van der Waals surface area contributed by atoms with E-state index in [2.05, 4.69) is 21.2 Å². The van der Waals surface area contributed by atoms with Gasteiger partial charge in [-0.1, -0.05) is 5.16 Å². The van der Waals surface area contributed by atoms with Gasteiger partial charge in [0.1, 0.15) is 0 Å². The number of H-pyrrole nitrogens is 1. The number of aryl methyl sites for hydroxylation is 2. The van der Waals surface area contributed by atoms with Crippen molar-refractivity contribution >= 4 is 23.3 Å². The van der Waals surface area contributed by atoms with Crippen LogP contribution in [-0.2, 0) is 13.0 Å². The number of fused-ring (bicyclic) bond motifs is 1. The zero-order chi connectivity index (χ0) is 13.2. The van der Waals surface area contributed by atoms with Crippen molar-refractivity contribution < 1.29 is 4.52 Å². The van der Waals surface area contributed by atoms with Crippen LogP contribution in [0.5, 0.6) is 0 Å². The molecule has 0 aliphatic heterocycles. The van der Waals surface area contributed by atoms with E-state index < -0.39 is 0 Å². The molecule has 0 spiro atoms. The van der Waals surface area contributed by atoms with Crippen LogP contribution in [0.4, 0.5) is 0 Å². The minimum atomic E-state index is 0.606. The van der Waals surface area contributed by atoms with Gasteiger partial charge in [-0.2, -0.15) is 10.2 Å². The van der Waals surface area contributed by atoms with Crippen molar-refractivity contribution in [2.24, 2.45) is 0 Å². The van der Waals surface area contributed by atoms with Gasteiger partial charge in [0.15, 0.2) is 10.6 Å². The van der Waals surface area contributed by atoms with Gasteiger partial charge >= 0.3 is 0 Å². The van der Waals surface area contributed by atoms with Crippen molar-refractivity contribution in [2.45, 2.75) is 13.0 Å². The second-order valence-electron chi connectivity index (χ2n) is 4.02. The molecule has 1 aromatic carbocycles. The molecule has 0 amide bonds. The third kappa shape index (κ3) is 2.13. The summed E-state index contributed by atoms with van der Waals surface area (Å²) in [6.07, 6.45) is 1.92. The first-order valence-electron chi connectivity index (χ1n) is 5.66. The molecular weight excluding hydrogens is 262 g/mol. The smallest absolute Gasteiger partial charge is 0.213 e. The number of imidazole rings is 1. The summed E-state index contributed by atoms with van der Waals surface area (Å²) in [5, 5.41) is 12.7. The molecule has 7 heteroatoms. The SMILES string of the molecule is N#Cc1ccc2[nH]c(=S)n(CCc3ncon3)c2c1. The van der Waals surface area contributed by atoms with Crippen molar-refractivity contribution in [1.82, 2.24) is 19.7 Å². The van der Waals surface area contributed by atoms with Gasteiger partial charge in [-0.25, -0.2) is 0 Å². The molecule has 2 heterocycles. The van der Waals surface area contributed by atoms with E-state index in [0.717, 1.165) is 11.0 Å². The molecule has 94 valence electrons. The molecular formula is C12H9N5OS. The molecule has 0 radical (unpaired) electrons. The van der Waals surface area contributed by atoms with Crippen LogP contribution in [0.2, 0.25) is 0 Å². The molecule has 0 fully saturated rings. The fourth-order valence-electron chi connectivity index (χ4n) is 1.96. The number of aromatic amines is 1. The Kier molecular flexibility index (Phi) is 2.85. The fourth-order valence-corrected chi connectivity index (χ4v) is 2.26. The summed E-state index contributed by atoms with van der Waals surface area (Å²) in [6.45, 7) is 0.632. The van der Waals surface area contributed by atoms with Crippen LogP contribution in [0.15, 0.2) is 29.1 Å². The number of hydrogen-bond acceptors (Lipinski definition) is 5. The summed E-state index contributed by atoms with van der Waals surface area (Å²) >= 11 is 5.29. The van der Waals surface area contributed by atoms with Gasteiger partial charge in [0.2, 0.25) is 6.39 Å². The van der Waals surface area contributed by atoms with Gasteiger partial charge in [-0.3, -0.25) is 0 Å². The first kappa shape index (κ1) is 11.6. The Morgan fingerprint density at radius 3 is 3.11 bits per heavy atom. The lowest BCUT2D eigenvalue weighted by atomic mass is 10.2. The predicted octanol–water partition coefficient (Wildman–Crippen LogP) is 2.20. The van der Waals surface area contributed by atoms with Crippen LogP contribution in [-0.4, -0.2) is 19.7 Å². The van der Waals surface area contributed by atoms with E-state index in [9.17, 15) is 0 Å². The third-order valence-electron chi connectivity index (χ3n) is 2.87. The Hall–Kier alpha value is -2.46. The van der Waals surface area contributed by atoms with Crippen LogP contribution in [0, 0.1) is 16.1 Å². The second-order valence-corrected chi connectivity index (χ2v) is 4.41. The fraction of sp³-hybridized carbons (Fsp3) is 0.167. The summed E-state index contributed by atoms with van der Waals surface area (Å²) < 4.78 is 7.24. The highest BCUT2D eigenvalue weighted by molar-refractivity contribution is 7.71. The highest BCUT2D eigenvalue weighted by atomic mass is 32.1. The van der Waals surface area contributed by atoms with Gasteiger partial charge in [0.25, 0.3) is 0 Å². The quantitative estimate of drug-likeness (QED) is 0.738. The molecule has 1 N–H and O–H groups in total. The summed E-state index contributed by atoms with van der Waals surface area (Å²) in [6, 6.07) is 7.56. The molecule has 0 saturated heterocycles. The van der Waals surface area contributed by atoms with E-state index in [1.165, 1.54) is 6.39 Å². The van der Waals surface area contributed by atoms with Crippen LogP contribution < -0.4 is 0 Å². The number of benzene rings is 1. The van der Waals surface area contributed by atoms with Crippen molar-refractivity contribution in [3.8, 4) is 6.07 Å². The van der Waals surface area contributed by atoms with E-state index in [-0.39, 0.29) is 0 Å². The third-order valence-corrected chi connectivity index (χ3v) is 3.19. The zero-order valence-electron chi connectivity index (χ0n) is 9.83. The van der Waals surface area contributed by atoms with E-state index in [0.29, 0.717) is 29.1 Å². The second kappa shape index (κ2) is 4.66.